The minimum atomic E-state index is 0.0102. The normalized spacial score (nSPS) is 15.6. The van der Waals surface area contributed by atoms with E-state index in [-0.39, 0.29) is 5.78 Å². The Morgan fingerprint density at radius 2 is 2.19 bits per heavy atom. The Morgan fingerprint density at radius 1 is 1.44 bits per heavy atom. The summed E-state index contributed by atoms with van der Waals surface area (Å²) in [6, 6.07) is 5.18. The molecular formula is C13H15ClO2. The molecule has 0 N–H and O–H groups in total. The number of hydrogen-bond donors (Lipinski definition) is 0. The molecular weight excluding hydrogens is 224 g/mol. The van der Waals surface area contributed by atoms with Gasteiger partial charge in [0.25, 0.3) is 0 Å². The number of Topliss-reactive ketones (excluding diaryl/α,β-unsaturated/α-hetero) is 1. The van der Waals surface area contributed by atoms with E-state index in [9.17, 15) is 4.79 Å². The largest absolute Gasteiger partial charge is 0.493 e. The molecule has 0 bridgehead atoms. The summed E-state index contributed by atoms with van der Waals surface area (Å²) < 4.78 is 5.64. The van der Waals surface area contributed by atoms with Crippen LogP contribution in [0.1, 0.15) is 36.5 Å². The minimum absolute atomic E-state index is 0.0102. The van der Waals surface area contributed by atoms with Crippen molar-refractivity contribution in [3.8, 4) is 5.75 Å². The first-order valence-corrected chi connectivity index (χ1v) is 5.97. The molecule has 0 amide bonds. The second-order valence-corrected chi connectivity index (χ2v) is 4.78. The summed E-state index contributed by atoms with van der Waals surface area (Å²) in [7, 11) is 0. The maximum Gasteiger partial charge on any atom is 0.159 e. The number of carbonyl (C=O) groups is 1. The Morgan fingerprint density at radius 3 is 2.75 bits per heavy atom. The summed E-state index contributed by atoms with van der Waals surface area (Å²) >= 11 is 5.93. The zero-order chi connectivity index (χ0) is 11.5. The van der Waals surface area contributed by atoms with Crippen LogP contribution in [0.25, 0.3) is 0 Å². The van der Waals surface area contributed by atoms with Crippen LogP contribution in [-0.2, 0) is 0 Å². The van der Waals surface area contributed by atoms with Crippen LogP contribution >= 0.6 is 11.6 Å². The van der Waals surface area contributed by atoms with Crippen molar-refractivity contribution in [1.82, 2.24) is 0 Å². The van der Waals surface area contributed by atoms with Gasteiger partial charge < -0.3 is 4.74 Å². The molecule has 0 aromatic heterocycles. The molecule has 0 unspecified atom stereocenters. The molecule has 86 valence electrons. The van der Waals surface area contributed by atoms with E-state index in [4.69, 9.17) is 16.3 Å². The van der Waals surface area contributed by atoms with Crippen LogP contribution in [0.5, 0.6) is 5.75 Å². The lowest BCUT2D eigenvalue weighted by molar-refractivity contribution is 0.101. The lowest BCUT2D eigenvalue weighted by Crippen LogP contribution is -2.19. The summed E-state index contributed by atoms with van der Waals surface area (Å²) in [5, 5.41) is 0.552. The molecule has 2 nitrogen and oxygen atoms in total. The van der Waals surface area contributed by atoms with E-state index in [0.717, 1.165) is 6.61 Å². The van der Waals surface area contributed by atoms with Gasteiger partial charge in [-0.1, -0.05) is 18.0 Å². The summed E-state index contributed by atoms with van der Waals surface area (Å²) in [4.78, 5) is 11.2. The molecule has 1 saturated carbocycles. The van der Waals surface area contributed by atoms with Crippen molar-refractivity contribution in [2.75, 3.05) is 6.61 Å². The highest BCUT2D eigenvalue weighted by Crippen LogP contribution is 2.28. The molecule has 0 aliphatic heterocycles. The number of carbonyl (C=O) groups excluding carboxylic acids is 1. The lowest BCUT2D eigenvalue weighted by atomic mass is 9.86. The van der Waals surface area contributed by atoms with Gasteiger partial charge in [-0.05, 0) is 43.9 Å². The first-order chi connectivity index (χ1) is 7.65. The van der Waals surface area contributed by atoms with Crippen molar-refractivity contribution in [3.05, 3.63) is 28.8 Å². The van der Waals surface area contributed by atoms with Crippen molar-refractivity contribution in [2.24, 2.45) is 5.92 Å². The third kappa shape index (κ3) is 2.76. The van der Waals surface area contributed by atoms with E-state index < -0.39 is 0 Å². The van der Waals surface area contributed by atoms with Crippen molar-refractivity contribution in [1.29, 1.82) is 0 Å². The van der Waals surface area contributed by atoms with Crippen molar-refractivity contribution in [3.63, 3.8) is 0 Å². The number of rotatable bonds is 4. The van der Waals surface area contributed by atoms with Gasteiger partial charge >= 0.3 is 0 Å². The van der Waals surface area contributed by atoms with Gasteiger partial charge in [0.1, 0.15) is 5.75 Å². The summed E-state index contributed by atoms with van der Waals surface area (Å²) in [5.41, 5.74) is 0.608. The Hall–Kier alpha value is -1.02. The van der Waals surface area contributed by atoms with Crippen LogP contribution in [-0.4, -0.2) is 12.4 Å². The Balaban J connectivity index is 2.04. The predicted octanol–water partition coefficient (Wildman–Crippen LogP) is 3.72. The fourth-order valence-electron chi connectivity index (χ4n) is 1.72. The Kier molecular flexibility index (Phi) is 3.49. The molecule has 0 saturated heterocycles. The minimum Gasteiger partial charge on any atom is -0.493 e. The molecule has 0 spiro atoms. The average Bonchev–Trinajstić information content (AvgIpc) is 2.14. The molecule has 0 atom stereocenters. The van der Waals surface area contributed by atoms with Crippen molar-refractivity contribution < 1.29 is 9.53 Å². The standard InChI is InChI=1S/C13H15ClO2/c1-9(15)11-5-12(14)7-13(6-11)16-8-10-3-2-4-10/h5-7,10H,2-4,8H2,1H3. The van der Waals surface area contributed by atoms with Crippen LogP contribution in [0, 0.1) is 5.92 Å². The van der Waals surface area contributed by atoms with Gasteiger partial charge in [0.15, 0.2) is 5.78 Å². The van der Waals surface area contributed by atoms with Gasteiger partial charge in [-0.25, -0.2) is 0 Å². The third-order valence-electron chi connectivity index (χ3n) is 2.99. The SMILES string of the molecule is CC(=O)c1cc(Cl)cc(OCC2CCC2)c1. The number of ether oxygens (including phenoxy) is 1. The van der Waals surface area contributed by atoms with Gasteiger partial charge in [0.05, 0.1) is 6.61 Å². The van der Waals surface area contributed by atoms with E-state index >= 15 is 0 Å². The van der Waals surface area contributed by atoms with Gasteiger partial charge in [0.2, 0.25) is 0 Å². The van der Waals surface area contributed by atoms with E-state index in [2.05, 4.69) is 0 Å². The van der Waals surface area contributed by atoms with Crippen molar-refractivity contribution >= 4 is 17.4 Å². The molecule has 0 radical (unpaired) electrons. The van der Waals surface area contributed by atoms with E-state index in [1.54, 1.807) is 18.2 Å². The maximum absolute atomic E-state index is 11.2. The molecule has 1 fully saturated rings. The third-order valence-corrected chi connectivity index (χ3v) is 3.21. The second-order valence-electron chi connectivity index (χ2n) is 4.34. The van der Waals surface area contributed by atoms with Crippen LogP contribution in [0.3, 0.4) is 0 Å². The molecule has 1 aromatic rings. The van der Waals surface area contributed by atoms with Crippen LogP contribution < -0.4 is 4.74 Å². The van der Waals surface area contributed by atoms with Crippen LogP contribution in [0.2, 0.25) is 5.02 Å². The van der Waals surface area contributed by atoms with Gasteiger partial charge in [-0.3, -0.25) is 4.79 Å². The quantitative estimate of drug-likeness (QED) is 0.748. The average molecular weight is 239 g/mol. The highest BCUT2D eigenvalue weighted by Gasteiger charge is 2.18. The highest BCUT2D eigenvalue weighted by molar-refractivity contribution is 6.31. The number of ketones is 1. The molecule has 1 aromatic carbocycles. The van der Waals surface area contributed by atoms with E-state index in [1.807, 2.05) is 0 Å². The highest BCUT2D eigenvalue weighted by atomic mass is 35.5. The van der Waals surface area contributed by atoms with Gasteiger partial charge in [0, 0.05) is 10.6 Å². The predicted molar refractivity (Wildman–Crippen MR) is 64.3 cm³/mol. The summed E-state index contributed by atoms with van der Waals surface area (Å²) in [6.45, 7) is 2.26. The number of halogens is 1. The fourth-order valence-corrected chi connectivity index (χ4v) is 1.95. The number of hydrogen-bond acceptors (Lipinski definition) is 2. The Bertz CT molecular complexity index is 397. The van der Waals surface area contributed by atoms with Crippen LogP contribution in [0.15, 0.2) is 18.2 Å². The molecule has 1 aliphatic rings. The van der Waals surface area contributed by atoms with E-state index in [0.29, 0.717) is 22.3 Å². The summed E-state index contributed by atoms with van der Waals surface area (Å²) in [5.74, 6) is 1.39. The first kappa shape index (κ1) is 11.5. The first-order valence-electron chi connectivity index (χ1n) is 5.59. The summed E-state index contributed by atoms with van der Waals surface area (Å²) in [6.07, 6.45) is 3.81. The van der Waals surface area contributed by atoms with E-state index in [1.165, 1.54) is 26.2 Å². The van der Waals surface area contributed by atoms with Gasteiger partial charge in [-0.15, -0.1) is 0 Å². The molecule has 1 aliphatic carbocycles. The zero-order valence-corrected chi connectivity index (χ0v) is 10.1. The van der Waals surface area contributed by atoms with Gasteiger partial charge in [-0.2, -0.15) is 0 Å². The molecule has 16 heavy (non-hydrogen) atoms. The zero-order valence-electron chi connectivity index (χ0n) is 9.33. The molecule has 2 rings (SSSR count). The Labute approximate surface area is 101 Å². The second kappa shape index (κ2) is 4.88. The smallest absolute Gasteiger partial charge is 0.159 e. The monoisotopic (exact) mass is 238 g/mol. The number of benzene rings is 1. The molecule has 3 heteroatoms. The topological polar surface area (TPSA) is 26.3 Å². The van der Waals surface area contributed by atoms with Crippen LogP contribution in [0.4, 0.5) is 0 Å². The fraction of sp³-hybridized carbons (Fsp3) is 0.462. The maximum atomic E-state index is 11.2. The van der Waals surface area contributed by atoms with Crippen molar-refractivity contribution in [2.45, 2.75) is 26.2 Å². The lowest BCUT2D eigenvalue weighted by Gasteiger charge is -2.25. The molecule has 0 heterocycles.